The van der Waals surface area contributed by atoms with Gasteiger partial charge in [0.2, 0.25) is 0 Å². The van der Waals surface area contributed by atoms with E-state index in [-0.39, 0.29) is 0 Å². The second-order valence-electron chi connectivity index (χ2n) is 16.5. The number of aromatic nitrogens is 5. The molecule has 0 saturated heterocycles. The molecule has 12 rings (SSSR count). The van der Waals surface area contributed by atoms with Gasteiger partial charge in [0.05, 0.1) is 39.3 Å². The summed E-state index contributed by atoms with van der Waals surface area (Å²) >= 11 is 0. The van der Waals surface area contributed by atoms with Crippen molar-refractivity contribution in [2.75, 3.05) is 0 Å². The Labute approximate surface area is 382 Å². The summed E-state index contributed by atoms with van der Waals surface area (Å²) < 4.78 is 0. The average molecular weight is 842 g/mol. The van der Waals surface area contributed by atoms with Gasteiger partial charge in [0, 0.05) is 57.0 Å². The summed E-state index contributed by atoms with van der Waals surface area (Å²) in [5, 5.41) is 3.27. The molecule has 0 fully saturated rings. The minimum absolute atomic E-state index is 0.816. The van der Waals surface area contributed by atoms with Crippen LogP contribution in [0.2, 0.25) is 0 Å². The van der Waals surface area contributed by atoms with Crippen molar-refractivity contribution in [1.29, 1.82) is 0 Å². The molecule has 0 N–H and O–H groups in total. The minimum Gasteiger partial charge on any atom is -0.265 e. The summed E-state index contributed by atoms with van der Waals surface area (Å²) in [7, 11) is 0. The molecule has 0 aliphatic carbocycles. The third-order valence-electron chi connectivity index (χ3n) is 12.5. The Morgan fingerprint density at radius 1 is 0.273 bits per heavy atom. The minimum atomic E-state index is 0.816. The maximum absolute atomic E-state index is 5.23. The molecule has 0 bridgehead atoms. The van der Waals surface area contributed by atoms with E-state index in [0.717, 1.165) is 122 Å². The highest BCUT2D eigenvalue weighted by atomic mass is 14.8. The van der Waals surface area contributed by atoms with E-state index in [1.54, 1.807) is 0 Å². The van der Waals surface area contributed by atoms with E-state index in [1.165, 1.54) is 0 Å². The molecule has 0 spiro atoms. The van der Waals surface area contributed by atoms with Crippen molar-refractivity contribution < 1.29 is 0 Å². The molecule has 5 heterocycles. The fraction of sp³-hybridized carbons (Fsp3) is 0. The van der Waals surface area contributed by atoms with Gasteiger partial charge in [-0.2, -0.15) is 0 Å². The maximum atomic E-state index is 5.23. The molecule has 0 unspecified atom stereocenters. The fourth-order valence-electron chi connectivity index (χ4n) is 9.00. The number of rotatable bonds is 8. The summed E-state index contributed by atoms with van der Waals surface area (Å²) in [4.78, 5) is 24.7. The number of nitrogens with zero attached hydrogens (tertiary/aromatic N) is 5. The molecular formula is C61H39N5. The standard InChI is InChI=1S/C61H39N5/c1-3-9-40(10-4-1)50-29-32-56(63-39-50)58-38-51(37-57(64-58)47-23-19-43(20-24-47)45-33-35-62-36-34-45)44-17-15-41(16-18-44)42-21-25-48(26-22-42)59-52-13-7-8-14-55(52)66-61-53(59)30-27-49-28-31-54(65-60(49)61)46-11-5-2-6-12-46/h1-39H. The van der Waals surface area contributed by atoms with Crippen LogP contribution in [0.5, 0.6) is 0 Å². The summed E-state index contributed by atoms with van der Waals surface area (Å²) in [6.07, 6.45) is 5.58. The number of hydrogen-bond donors (Lipinski definition) is 0. The lowest BCUT2D eigenvalue weighted by Gasteiger charge is -2.14. The predicted molar refractivity (Wildman–Crippen MR) is 271 cm³/mol. The summed E-state index contributed by atoms with van der Waals surface area (Å²) in [5.74, 6) is 0. The highest BCUT2D eigenvalue weighted by molar-refractivity contribution is 6.16. The van der Waals surface area contributed by atoms with Gasteiger partial charge >= 0.3 is 0 Å². The Hall–Kier alpha value is -8.93. The smallest absolute Gasteiger partial charge is 0.0978 e. The van der Waals surface area contributed by atoms with E-state index < -0.39 is 0 Å². The third kappa shape index (κ3) is 7.34. The molecule has 7 aromatic carbocycles. The molecule has 12 aromatic rings. The van der Waals surface area contributed by atoms with E-state index in [9.17, 15) is 0 Å². The number of para-hydroxylation sites is 1. The van der Waals surface area contributed by atoms with Crippen LogP contribution in [0.15, 0.2) is 237 Å². The first kappa shape index (κ1) is 38.7. The van der Waals surface area contributed by atoms with Crippen LogP contribution in [0.3, 0.4) is 0 Å². The quantitative estimate of drug-likeness (QED) is 0.113. The van der Waals surface area contributed by atoms with Gasteiger partial charge in [0.25, 0.3) is 0 Å². The van der Waals surface area contributed by atoms with Crippen LogP contribution in [-0.4, -0.2) is 24.9 Å². The Morgan fingerprint density at radius 2 is 0.788 bits per heavy atom. The molecular weight excluding hydrogens is 803 g/mol. The fourth-order valence-corrected chi connectivity index (χ4v) is 9.00. The monoisotopic (exact) mass is 841 g/mol. The van der Waals surface area contributed by atoms with Crippen LogP contribution in [0.25, 0.3) is 122 Å². The van der Waals surface area contributed by atoms with Crippen LogP contribution in [0.4, 0.5) is 0 Å². The van der Waals surface area contributed by atoms with Crippen molar-refractivity contribution in [1.82, 2.24) is 24.9 Å². The molecule has 0 saturated carbocycles. The lowest BCUT2D eigenvalue weighted by atomic mass is 9.93. The number of hydrogen-bond acceptors (Lipinski definition) is 5. The number of benzene rings is 7. The van der Waals surface area contributed by atoms with Crippen LogP contribution in [0.1, 0.15) is 0 Å². The highest BCUT2D eigenvalue weighted by Crippen LogP contribution is 2.39. The first-order valence-corrected chi connectivity index (χ1v) is 22.1. The van der Waals surface area contributed by atoms with Crippen LogP contribution in [0, 0.1) is 0 Å². The van der Waals surface area contributed by atoms with E-state index in [1.807, 2.05) is 55.0 Å². The summed E-state index contributed by atoms with van der Waals surface area (Å²) in [6, 6.07) is 76.6. The van der Waals surface area contributed by atoms with Gasteiger partial charge in [-0.05, 0) is 87.0 Å². The molecule has 66 heavy (non-hydrogen) atoms. The van der Waals surface area contributed by atoms with E-state index in [4.69, 9.17) is 19.9 Å². The normalized spacial score (nSPS) is 11.3. The molecule has 0 atom stereocenters. The molecule has 5 aromatic heterocycles. The van der Waals surface area contributed by atoms with E-state index >= 15 is 0 Å². The van der Waals surface area contributed by atoms with Crippen molar-refractivity contribution in [2.24, 2.45) is 0 Å². The van der Waals surface area contributed by atoms with Crippen LogP contribution in [-0.2, 0) is 0 Å². The third-order valence-corrected chi connectivity index (χ3v) is 12.5. The second kappa shape index (κ2) is 16.6. The zero-order valence-corrected chi connectivity index (χ0v) is 35.8. The Bertz CT molecular complexity index is 3590. The molecule has 5 heteroatoms. The van der Waals surface area contributed by atoms with Gasteiger partial charge in [-0.1, -0.05) is 176 Å². The first-order valence-electron chi connectivity index (χ1n) is 22.1. The van der Waals surface area contributed by atoms with Crippen molar-refractivity contribution in [3.8, 4) is 89.5 Å². The summed E-state index contributed by atoms with van der Waals surface area (Å²) in [5.41, 5.74) is 19.5. The Morgan fingerprint density at radius 3 is 1.47 bits per heavy atom. The molecule has 0 radical (unpaired) electrons. The van der Waals surface area contributed by atoms with Crippen molar-refractivity contribution in [3.05, 3.63) is 237 Å². The van der Waals surface area contributed by atoms with Crippen molar-refractivity contribution in [2.45, 2.75) is 0 Å². The maximum Gasteiger partial charge on any atom is 0.0978 e. The van der Waals surface area contributed by atoms with Crippen molar-refractivity contribution in [3.63, 3.8) is 0 Å². The molecule has 5 nitrogen and oxygen atoms in total. The summed E-state index contributed by atoms with van der Waals surface area (Å²) in [6.45, 7) is 0. The van der Waals surface area contributed by atoms with Gasteiger partial charge in [-0.3, -0.25) is 9.97 Å². The van der Waals surface area contributed by atoms with Crippen LogP contribution < -0.4 is 0 Å². The molecule has 0 aliphatic rings. The van der Waals surface area contributed by atoms with E-state index in [2.05, 4.69) is 187 Å². The van der Waals surface area contributed by atoms with Crippen LogP contribution >= 0.6 is 0 Å². The Balaban J connectivity index is 0.892. The lowest BCUT2D eigenvalue weighted by molar-refractivity contribution is 1.25. The largest absolute Gasteiger partial charge is 0.265 e. The van der Waals surface area contributed by atoms with Gasteiger partial charge in [0.15, 0.2) is 0 Å². The molecule has 0 aliphatic heterocycles. The average Bonchev–Trinajstić information content (AvgIpc) is 3.41. The zero-order chi connectivity index (χ0) is 43.8. The number of fused-ring (bicyclic) bond motifs is 4. The van der Waals surface area contributed by atoms with Gasteiger partial charge in [0.1, 0.15) is 0 Å². The van der Waals surface area contributed by atoms with E-state index in [0.29, 0.717) is 0 Å². The number of pyridine rings is 5. The SMILES string of the molecule is c1ccc(-c2ccc(-c3cc(-c4ccc(-c5ccc(-c6c7ccccc7nc7c6ccc6ccc(-c8ccccc8)nc67)cc5)cc4)cc(-c4ccc(-c5ccncc5)cc4)n3)nc2)cc1. The second-order valence-corrected chi connectivity index (χ2v) is 16.5. The Kier molecular flexibility index (Phi) is 9.77. The van der Waals surface area contributed by atoms with Gasteiger partial charge in [-0.15, -0.1) is 0 Å². The lowest BCUT2D eigenvalue weighted by Crippen LogP contribution is -1.94. The predicted octanol–water partition coefficient (Wildman–Crippen LogP) is 15.5. The highest BCUT2D eigenvalue weighted by Gasteiger charge is 2.16. The van der Waals surface area contributed by atoms with Crippen molar-refractivity contribution >= 4 is 32.7 Å². The first-order chi connectivity index (χ1) is 32.7. The van der Waals surface area contributed by atoms with Gasteiger partial charge in [-0.25, -0.2) is 15.0 Å². The topological polar surface area (TPSA) is 64.5 Å². The molecule has 308 valence electrons. The zero-order valence-electron chi connectivity index (χ0n) is 35.8. The molecule has 0 amide bonds. The van der Waals surface area contributed by atoms with Gasteiger partial charge < -0.3 is 0 Å².